The monoisotopic (exact) mass is 535 g/mol. The summed E-state index contributed by atoms with van der Waals surface area (Å²) in [5.74, 6) is 1.46. The minimum Gasteiger partial charge on any atom is -0.316 e. The average molecular weight is 536 g/mol. The SMILES string of the molecule is CCC(C)(C)C1CCc2c(sc(NC(=O)CSc3nnc(-c4csc5ccccc45)n3C)c2C#N)C1. The quantitative estimate of drug-likeness (QED) is 0.260. The maximum absolute atomic E-state index is 12.9. The molecule has 1 amide bonds. The Balaban J connectivity index is 1.27. The molecule has 0 saturated heterocycles. The Kier molecular flexibility index (Phi) is 6.95. The predicted octanol–water partition coefficient (Wildman–Crippen LogP) is 6.90. The maximum Gasteiger partial charge on any atom is 0.235 e. The summed E-state index contributed by atoms with van der Waals surface area (Å²) in [5.41, 5.74) is 3.11. The van der Waals surface area contributed by atoms with E-state index in [-0.39, 0.29) is 17.1 Å². The molecule has 4 aromatic rings. The topological polar surface area (TPSA) is 83.6 Å². The smallest absolute Gasteiger partial charge is 0.235 e. The molecule has 9 heteroatoms. The predicted molar refractivity (Wildman–Crippen MR) is 150 cm³/mol. The number of nitrogens with one attached hydrogen (secondary N) is 1. The fourth-order valence-corrected chi connectivity index (χ4v) is 7.81. The summed E-state index contributed by atoms with van der Waals surface area (Å²) in [6.45, 7) is 6.91. The second-order valence-electron chi connectivity index (χ2n) is 9.95. The van der Waals surface area contributed by atoms with Crippen LogP contribution in [0, 0.1) is 22.7 Å². The van der Waals surface area contributed by atoms with Gasteiger partial charge >= 0.3 is 0 Å². The zero-order valence-corrected chi connectivity index (χ0v) is 23.4. The summed E-state index contributed by atoms with van der Waals surface area (Å²) >= 11 is 4.62. The van der Waals surface area contributed by atoms with Crippen LogP contribution in [-0.2, 0) is 24.7 Å². The van der Waals surface area contributed by atoms with Crippen LogP contribution >= 0.6 is 34.4 Å². The highest BCUT2D eigenvalue weighted by Gasteiger charge is 2.34. The molecule has 0 spiro atoms. The van der Waals surface area contributed by atoms with E-state index in [1.165, 1.54) is 21.3 Å². The number of aromatic nitrogens is 3. The van der Waals surface area contributed by atoms with Crippen LogP contribution < -0.4 is 5.32 Å². The van der Waals surface area contributed by atoms with Crippen LogP contribution in [0.25, 0.3) is 21.5 Å². The van der Waals surface area contributed by atoms with Gasteiger partial charge in [0.1, 0.15) is 11.1 Å². The first-order valence-electron chi connectivity index (χ1n) is 12.2. The van der Waals surface area contributed by atoms with Gasteiger partial charge in [0.15, 0.2) is 11.0 Å². The van der Waals surface area contributed by atoms with Gasteiger partial charge in [0.2, 0.25) is 5.91 Å². The highest BCUT2D eigenvalue weighted by atomic mass is 32.2. The number of fused-ring (bicyclic) bond motifs is 2. The number of thioether (sulfide) groups is 1. The van der Waals surface area contributed by atoms with Crippen LogP contribution in [0.15, 0.2) is 34.8 Å². The Bertz CT molecular complexity index is 1470. The summed E-state index contributed by atoms with van der Waals surface area (Å²) in [4.78, 5) is 14.1. The molecule has 0 radical (unpaired) electrons. The van der Waals surface area contributed by atoms with Crippen LogP contribution in [0.1, 0.15) is 49.6 Å². The normalized spacial score (nSPS) is 15.6. The Morgan fingerprint density at radius 1 is 1.33 bits per heavy atom. The van der Waals surface area contributed by atoms with Gasteiger partial charge in [0.25, 0.3) is 0 Å². The van der Waals surface area contributed by atoms with E-state index < -0.39 is 0 Å². The van der Waals surface area contributed by atoms with Crippen molar-refractivity contribution in [2.75, 3.05) is 11.1 Å². The van der Waals surface area contributed by atoms with Crippen LogP contribution in [0.3, 0.4) is 0 Å². The van der Waals surface area contributed by atoms with Crippen LogP contribution in [0.4, 0.5) is 5.00 Å². The average Bonchev–Trinajstić information content (AvgIpc) is 3.56. The number of hydrogen-bond donors (Lipinski definition) is 1. The van der Waals surface area contributed by atoms with E-state index >= 15 is 0 Å². The molecule has 3 heterocycles. The van der Waals surface area contributed by atoms with E-state index in [0.29, 0.717) is 21.6 Å². The molecule has 1 aliphatic carbocycles. The lowest BCUT2D eigenvalue weighted by Crippen LogP contribution is -2.28. The highest BCUT2D eigenvalue weighted by Crippen LogP contribution is 2.45. The first-order chi connectivity index (χ1) is 17.3. The number of rotatable bonds is 7. The van der Waals surface area contributed by atoms with Crippen molar-refractivity contribution in [2.45, 2.75) is 51.6 Å². The summed E-state index contributed by atoms with van der Waals surface area (Å²) in [6, 6.07) is 10.6. The fourth-order valence-electron chi connectivity index (χ4n) is 4.87. The van der Waals surface area contributed by atoms with E-state index in [0.717, 1.165) is 48.0 Å². The summed E-state index contributed by atoms with van der Waals surface area (Å²) in [5, 5.41) is 26.2. The molecule has 36 heavy (non-hydrogen) atoms. The first kappa shape index (κ1) is 25.0. The maximum atomic E-state index is 12.9. The molecule has 3 aromatic heterocycles. The number of anilines is 1. The second kappa shape index (κ2) is 10.0. The van der Waals surface area contributed by atoms with Gasteiger partial charge < -0.3 is 9.88 Å². The summed E-state index contributed by atoms with van der Waals surface area (Å²) in [6.07, 6.45) is 4.12. The lowest BCUT2D eigenvalue weighted by atomic mass is 9.69. The number of hydrogen-bond acceptors (Lipinski definition) is 7. The van der Waals surface area contributed by atoms with E-state index in [2.05, 4.69) is 59.9 Å². The second-order valence-corrected chi connectivity index (χ2v) is 12.9. The van der Waals surface area contributed by atoms with E-state index in [4.69, 9.17) is 0 Å². The molecular weight excluding hydrogens is 507 g/mol. The van der Waals surface area contributed by atoms with Gasteiger partial charge in [-0.15, -0.1) is 32.9 Å². The molecule has 1 N–H and O–H groups in total. The van der Waals surface area contributed by atoms with Gasteiger partial charge in [-0.3, -0.25) is 4.79 Å². The third kappa shape index (κ3) is 4.58. The molecule has 5 rings (SSSR count). The molecule has 186 valence electrons. The van der Waals surface area contributed by atoms with Crippen molar-refractivity contribution < 1.29 is 4.79 Å². The third-order valence-corrected chi connectivity index (χ3v) is 10.7. The molecule has 0 aliphatic heterocycles. The van der Waals surface area contributed by atoms with E-state index in [1.54, 1.807) is 22.7 Å². The van der Waals surface area contributed by atoms with Gasteiger partial charge in [-0.25, -0.2) is 0 Å². The standard InChI is InChI=1S/C27H29N5OS3/c1-5-27(2,3)16-10-11-18-19(13-28)25(36-22(18)12-16)29-23(33)15-35-26-31-30-24(32(26)4)20-14-34-21-9-7-6-8-17(20)21/h6-9,14,16H,5,10-12,15H2,1-4H3,(H,29,33). The van der Waals surface area contributed by atoms with Crippen LogP contribution in [0.2, 0.25) is 0 Å². The number of benzene rings is 1. The minimum atomic E-state index is -0.133. The van der Waals surface area contributed by atoms with E-state index in [9.17, 15) is 10.1 Å². The van der Waals surface area contributed by atoms with Crippen molar-refractivity contribution in [3.63, 3.8) is 0 Å². The lowest BCUT2D eigenvalue weighted by Gasteiger charge is -2.36. The number of carbonyl (C=O) groups excluding carboxylic acids is 1. The third-order valence-electron chi connectivity index (χ3n) is 7.54. The Morgan fingerprint density at radius 3 is 2.92 bits per heavy atom. The number of thiophene rings is 2. The zero-order chi connectivity index (χ0) is 25.4. The van der Waals surface area contributed by atoms with Gasteiger partial charge in [0, 0.05) is 33.0 Å². The van der Waals surface area contributed by atoms with Crippen LogP contribution in [0.5, 0.6) is 0 Å². The fraction of sp³-hybridized carbons (Fsp3) is 0.407. The number of nitrogens with zero attached hydrogens (tertiary/aromatic N) is 4. The van der Waals surface area contributed by atoms with Crippen molar-refractivity contribution >= 4 is 55.4 Å². The Hall–Kier alpha value is -2.67. The van der Waals surface area contributed by atoms with Crippen molar-refractivity contribution in [2.24, 2.45) is 18.4 Å². The lowest BCUT2D eigenvalue weighted by molar-refractivity contribution is -0.113. The Morgan fingerprint density at radius 2 is 2.14 bits per heavy atom. The number of carbonyl (C=O) groups is 1. The highest BCUT2D eigenvalue weighted by molar-refractivity contribution is 7.99. The first-order valence-corrected chi connectivity index (χ1v) is 14.8. The van der Waals surface area contributed by atoms with E-state index in [1.807, 2.05) is 23.7 Å². The van der Waals surface area contributed by atoms with Crippen molar-refractivity contribution in [3.05, 3.63) is 45.6 Å². The molecule has 1 aromatic carbocycles. The number of nitriles is 1. The largest absolute Gasteiger partial charge is 0.316 e. The molecule has 0 fully saturated rings. The minimum absolute atomic E-state index is 0.133. The van der Waals surface area contributed by atoms with Gasteiger partial charge in [-0.05, 0) is 42.2 Å². The molecule has 0 bridgehead atoms. The van der Waals surface area contributed by atoms with Gasteiger partial charge in [-0.2, -0.15) is 5.26 Å². The summed E-state index contributed by atoms with van der Waals surface area (Å²) < 4.78 is 3.15. The van der Waals surface area contributed by atoms with Crippen molar-refractivity contribution in [3.8, 4) is 17.5 Å². The summed E-state index contributed by atoms with van der Waals surface area (Å²) in [7, 11) is 1.93. The zero-order valence-electron chi connectivity index (χ0n) is 20.9. The molecule has 6 nitrogen and oxygen atoms in total. The van der Waals surface area contributed by atoms with Gasteiger partial charge in [-0.1, -0.05) is 57.2 Å². The van der Waals surface area contributed by atoms with Crippen LogP contribution in [-0.4, -0.2) is 26.4 Å². The Labute approximate surface area is 223 Å². The van der Waals surface area contributed by atoms with Gasteiger partial charge in [0.05, 0.1) is 11.3 Å². The molecule has 1 unspecified atom stereocenters. The molecule has 1 aliphatic rings. The van der Waals surface area contributed by atoms with Crippen molar-refractivity contribution in [1.29, 1.82) is 5.26 Å². The molecule has 1 atom stereocenters. The number of amides is 1. The molecule has 0 saturated carbocycles. The van der Waals surface area contributed by atoms with Crippen molar-refractivity contribution in [1.82, 2.24) is 14.8 Å². The molecular formula is C27H29N5OS3.